The highest BCUT2D eigenvalue weighted by molar-refractivity contribution is 9.10. The Morgan fingerprint density at radius 3 is 2.47 bits per heavy atom. The third kappa shape index (κ3) is 3.54. The molecule has 2 rings (SSSR count). The fourth-order valence-electron chi connectivity index (χ4n) is 1.65. The fraction of sp³-hybridized carbons (Fsp3) is 0.143. The number of benzene rings is 2. The van der Waals surface area contributed by atoms with Gasteiger partial charge in [-0.1, -0.05) is 28.1 Å². The predicted molar refractivity (Wildman–Crippen MR) is 76.3 cm³/mol. The van der Waals surface area contributed by atoms with Crippen LogP contribution in [0.1, 0.15) is 11.1 Å². The molecule has 2 aromatic carbocycles. The topological polar surface area (TPSA) is 52.4 Å². The molecule has 0 saturated carbocycles. The molecule has 98 valence electrons. The average Bonchev–Trinajstić information content (AvgIpc) is 2.39. The number of hydrogen-bond donors (Lipinski definition) is 0. The second-order valence-electron chi connectivity index (χ2n) is 4.12. The van der Waals surface area contributed by atoms with Gasteiger partial charge >= 0.3 is 0 Å². The number of nitro groups is 1. The van der Waals surface area contributed by atoms with Crippen LogP contribution in [0.5, 0.6) is 5.75 Å². The predicted octanol–water partition coefficient (Wildman–Crippen LogP) is 4.24. The first-order valence-electron chi connectivity index (χ1n) is 5.68. The second kappa shape index (κ2) is 5.84. The summed E-state index contributed by atoms with van der Waals surface area (Å²) in [5, 5.41) is 10.6. The van der Waals surface area contributed by atoms with Gasteiger partial charge in [0.1, 0.15) is 12.4 Å². The number of ether oxygens (including phenoxy) is 1. The SMILES string of the molecule is Cc1cc([N+](=O)[O-])ccc1OCc1ccc(Br)cc1. The van der Waals surface area contributed by atoms with Crippen molar-refractivity contribution < 1.29 is 9.66 Å². The van der Waals surface area contributed by atoms with Crippen LogP contribution in [-0.4, -0.2) is 4.92 Å². The number of rotatable bonds is 4. The van der Waals surface area contributed by atoms with Gasteiger partial charge < -0.3 is 4.74 Å². The molecule has 0 fully saturated rings. The molecule has 0 bridgehead atoms. The van der Waals surface area contributed by atoms with Gasteiger partial charge in [-0.3, -0.25) is 10.1 Å². The van der Waals surface area contributed by atoms with E-state index in [2.05, 4.69) is 15.9 Å². The molecule has 5 heteroatoms. The van der Waals surface area contributed by atoms with Crippen molar-refractivity contribution in [2.75, 3.05) is 0 Å². The van der Waals surface area contributed by atoms with Crippen molar-refractivity contribution in [3.05, 3.63) is 68.2 Å². The van der Waals surface area contributed by atoms with Crippen molar-refractivity contribution in [3.63, 3.8) is 0 Å². The third-order valence-electron chi connectivity index (χ3n) is 2.68. The molecule has 2 aromatic rings. The Morgan fingerprint density at radius 2 is 1.89 bits per heavy atom. The zero-order valence-electron chi connectivity index (χ0n) is 10.3. The molecule has 4 nitrogen and oxygen atoms in total. The summed E-state index contributed by atoms with van der Waals surface area (Å²) in [6, 6.07) is 12.4. The number of nitrogens with zero attached hydrogens (tertiary/aromatic N) is 1. The Morgan fingerprint density at radius 1 is 1.21 bits per heavy atom. The van der Waals surface area contributed by atoms with Crippen LogP contribution in [0.2, 0.25) is 0 Å². The Kier molecular flexibility index (Phi) is 4.16. The molecule has 0 amide bonds. The van der Waals surface area contributed by atoms with Gasteiger partial charge in [-0.15, -0.1) is 0 Å². The van der Waals surface area contributed by atoms with Crippen LogP contribution in [-0.2, 0) is 6.61 Å². The van der Waals surface area contributed by atoms with Gasteiger partial charge in [0.2, 0.25) is 0 Å². The summed E-state index contributed by atoms with van der Waals surface area (Å²) < 4.78 is 6.68. The highest BCUT2D eigenvalue weighted by Crippen LogP contribution is 2.24. The van der Waals surface area contributed by atoms with Gasteiger partial charge in [-0.05, 0) is 36.2 Å². The van der Waals surface area contributed by atoms with Crippen molar-refractivity contribution in [1.82, 2.24) is 0 Å². The van der Waals surface area contributed by atoms with E-state index in [9.17, 15) is 10.1 Å². The molecule has 0 aromatic heterocycles. The number of nitro benzene ring substituents is 1. The monoisotopic (exact) mass is 321 g/mol. The summed E-state index contributed by atoms with van der Waals surface area (Å²) in [7, 11) is 0. The molecule has 19 heavy (non-hydrogen) atoms. The quantitative estimate of drug-likeness (QED) is 0.625. The minimum atomic E-state index is -0.411. The number of hydrogen-bond acceptors (Lipinski definition) is 3. The summed E-state index contributed by atoms with van der Waals surface area (Å²) in [6.07, 6.45) is 0. The highest BCUT2D eigenvalue weighted by atomic mass is 79.9. The lowest BCUT2D eigenvalue weighted by atomic mass is 10.2. The molecule has 0 atom stereocenters. The normalized spacial score (nSPS) is 10.2. The van der Waals surface area contributed by atoms with Gasteiger partial charge in [0.25, 0.3) is 5.69 Å². The van der Waals surface area contributed by atoms with E-state index < -0.39 is 4.92 Å². The van der Waals surface area contributed by atoms with Crippen LogP contribution in [0.3, 0.4) is 0 Å². The van der Waals surface area contributed by atoms with Gasteiger partial charge in [-0.25, -0.2) is 0 Å². The first-order chi connectivity index (χ1) is 9.06. The Hall–Kier alpha value is -1.88. The van der Waals surface area contributed by atoms with Gasteiger partial charge in [0.15, 0.2) is 0 Å². The molecule has 0 unspecified atom stereocenters. The smallest absolute Gasteiger partial charge is 0.269 e. The van der Waals surface area contributed by atoms with E-state index in [1.807, 2.05) is 24.3 Å². The van der Waals surface area contributed by atoms with E-state index in [0.29, 0.717) is 12.4 Å². The van der Waals surface area contributed by atoms with Gasteiger partial charge in [0.05, 0.1) is 4.92 Å². The average molecular weight is 322 g/mol. The zero-order chi connectivity index (χ0) is 13.8. The van der Waals surface area contributed by atoms with E-state index in [0.717, 1.165) is 15.6 Å². The summed E-state index contributed by atoms with van der Waals surface area (Å²) in [6.45, 7) is 2.23. The van der Waals surface area contributed by atoms with Gasteiger partial charge in [0, 0.05) is 16.6 Å². The van der Waals surface area contributed by atoms with E-state index in [4.69, 9.17) is 4.74 Å². The van der Waals surface area contributed by atoms with Crippen LogP contribution in [0.15, 0.2) is 46.9 Å². The maximum Gasteiger partial charge on any atom is 0.269 e. The van der Waals surface area contributed by atoms with Crippen molar-refractivity contribution in [3.8, 4) is 5.75 Å². The first kappa shape index (κ1) is 13.5. The number of aryl methyl sites for hydroxylation is 1. The standard InChI is InChI=1S/C14H12BrNO3/c1-10-8-13(16(17)18)6-7-14(10)19-9-11-2-4-12(15)5-3-11/h2-8H,9H2,1H3. The van der Waals surface area contributed by atoms with Crippen LogP contribution in [0.4, 0.5) is 5.69 Å². The summed E-state index contributed by atoms with van der Waals surface area (Å²) >= 11 is 3.37. The summed E-state index contributed by atoms with van der Waals surface area (Å²) in [5.41, 5.74) is 1.88. The minimum Gasteiger partial charge on any atom is -0.489 e. The maximum atomic E-state index is 10.6. The molecule has 0 radical (unpaired) electrons. The lowest BCUT2D eigenvalue weighted by Crippen LogP contribution is -1.97. The third-order valence-corrected chi connectivity index (χ3v) is 3.21. The largest absolute Gasteiger partial charge is 0.489 e. The van der Waals surface area contributed by atoms with E-state index in [1.165, 1.54) is 12.1 Å². The molecule has 0 aliphatic rings. The molecule has 0 heterocycles. The zero-order valence-corrected chi connectivity index (χ0v) is 11.9. The van der Waals surface area contributed by atoms with E-state index >= 15 is 0 Å². The molecule has 0 saturated heterocycles. The van der Waals surface area contributed by atoms with Crippen LogP contribution < -0.4 is 4.74 Å². The Labute approximate surface area is 119 Å². The second-order valence-corrected chi connectivity index (χ2v) is 5.04. The molecular formula is C14H12BrNO3. The molecule has 0 aliphatic carbocycles. The maximum absolute atomic E-state index is 10.6. The number of halogens is 1. The summed E-state index contributed by atoms with van der Waals surface area (Å²) in [4.78, 5) is 10.2. The lowest BCUT2D eigenvalue weighted by Gasteiger charge is -2.09. The Balaban J connectivity index is 2.07. The molecule has 0 N–H and O–H groups in total. The van der Waals surface area contributed by atoms with Crippen molar-refractivity contribution in [1.29, 1.82) is 0 Å². The van der Waals surface area contributed by atoms with Crippen LogP contribution >= 0.6 is 15.9 Å². The first-order valence-corrected chi connectivity index (χ1v) is 6.48. The van der Waals surface area contributed by atoms with E-state index in [1.54, 1.807) is 13.0 Å². The Bertz CT molecular complexity index is 596. The molecule has 0 aliphatic heterocycles. The fourth-order valence-corrected chi connectivity index (χ4v) is 1.92. The lowest BCUT2D eigenvalue weighted by molar-refractivity contribution is -0.384. The van der Waals surface area contributed by atoms with Crippen LogP contribution in [0.25, 0.3) is 0 Å². The summed E-state index contributed by atoms with van der Waals surface area (Å²) in [5.74, 6) is 0.661. The minimum absolute atomic E-state index is 0.0773. The molecule has 0 spiro atoms. The van der Waals surface area contributed by atoms with Crippen molar-refractivity contribution in [2.24, 2.45) is 0 Å². The van der Waals surface area contributed by atoms with Crippen molar-refractivity contribution >= 4 is 21.6 Å². The molecular weight excluding hydrogens is 310 g/mol. The van der Waals surface area contributed by atoms with Crippen LogP contribution in [0, 0.1) is 17.0 Å². The highest BCUT2D eigenvalue weighted by Gasteiger charge is 2.08. The van der Waals surface area contributed by atoms with Crippen molar-refractivity contribution in [2.45, 2.75) is 13.5 Å². The van der Waals surface area contributed by atoms with E-state index in [-0.39, 0.29) is 5.69 Å². The number of non-ortho nitro benzene ring substituents is 1. The van der Waals surface area contributed by atoms with Gasteiger partial charge in [-0.2, -0.15) is 0 Å².